The van der Waals surface area contributed by atoms with Crippen molar-refractivity contribution in [2.45, 2.75) is 0 Å². The van der Waals surface area contributed by atoms with Gasteiger partial charge in [0.05, 0.1) is 18.4 Å². The molecule has 0 unspecified atom stereocenters. The second-order valence-corrected chi connectivity index (χ2v) is 2.73. The van der Waals surface area contributed by atoms with Gasteiger partial charge in [-0.2, -0.15) is 0 Å². The van der Waals surface area contributed by atoms with Crippen LogP contribution in [0.4, 0.5) is 5.69 Å². The van der Waals surface area contributed by atoms with Crippen LogP contribution in [0, 0.1) is 0 Å². The van der Waals surface area contributed by atoms with E-state index in [4.69, 9.17) is 5.73 Å². The summed E-state index contributed by atoms with van der Waals surface area (Å²) < 4.78 is 6.19. The molecule has 0 amide bonds. The first kappa shape index (κ1) is 8.49. The number of aromatic nitrogens is 3. The number of nitrogens with zero attached hydrogens (tertiary/aromatic N) is 3. The van der Waals surface area contributed by atoms with Gasteiger partial charge in [-0.05, 0) is 6.07 Å². The Morgan fingerprint density at radius 2 is 2.43 bits per heavy atom. The van der Waals surface area contributed by atoms with Crippen LogP contribution in [-0.2, 0) is 4.74 Å². The van der Waals surface area contributed by atoms with Gasteiger partial charge in [0.25, 0.3) is 0 Å². The number of nitrogens with two attached hydrogens (primary N) is 1. The highest BCUT2D eigenvalue weighted by Gasteiger charge is 2.11. The zero-order chi connectivity index (χ0) is 10.1. The number of carbonyl (C=O) groups is 1. The van der Waals surface area contributed by atoms with E-state index in [1.165, 1.54) is 19.5 Å². The normalized spacial score (nSPS) is 10.4. The Balaban J connectivity index is 2.64. The average molecular weight is 192 g/mol. The van der Waals surface area contributed by atoms with E-state index < -0.39 is 5.97 Å². The van der Waals surface area contributed by atoms with Crippen molar-refractivity contribution in [2.24, 2.45) is 0 Å². The third kappa shape index (κ3) is 1.17. The number of hydrogen-bond acceptors (Lipinski definition) is 5. The molecular formula is C8H8N4O2. The summed E-state index contributed by atoms with van der Waals surface area (Å²) in [5, 5.41) is 7.46. The van der Waals surface area contributed by atoms with Crippen molar-refractivity contribution in [1.29, 1.82) is 0 Å². The number of nitrogen functional groups attached to an aromatic ring is 1. The van der Waals surface area contributed by atoms with E-state index in [2.05, 4.69) is 14.9 Å². The van der Waals surface area contributed by atoms with Crippen molar-refractivity contribution >= 4 is 17.3 Å². The highest BCUT2D eigenvalue weighted by molar-refractivity contribution is 5.95. The van der Waals surface area contributed by atoms with E-state index >= 15 is 0 Å². The minimum atomic E-state index is -0.479. The molecule has 6 nitrogen and oxygen atoms in total. The van der Waals surface area contributed by atoms with E-state index in [0.717, 1.165) is 0 Å². The van der Waals surface area contributed by atoms with Gasteiger partial charge in [0, 0.05) is 6.20 Å². The van der Waals surface area contributed by atoms with Crippen LogP contribution in [0.2, 0.25) is 0 Å². The molecule has 0 aromatic carbocycles. The Bertz CT molecular complexity index is 491. The maximum absolute atomic E-state index is 11.2. The van der Waals surface area contributed by atoms with Gasteiger partial charge in [-0.15, -0.1) is 10.2 Å². The number of hydrogen-bond donors (Lipinski definition) is 1. The van der Waals surface area contributed by atoms with E-state index in [1.54, 1.807) is 10.6 Å². The Morgan fingerprint density at radius 3 is 3.14 bits per heavy atom. The van der Waals surface area contributed by atoms with Crippen molar-refractivity contribution in [1.82, 2.24) is 14.6 Å². The van der Waals surface area contributed by atoms with Crippen molar-refractivity contribution in [3.05, 3.63) is 24.2 Å². The summed E-state index contributed by atoms with van der Waals surface area (Å²) in [6.07, 6.45) is 3.08. The third-order valence-electron chi connectivity index (χ3n) is 1.87. The topological polar surface area (TPSA) is 82.5 Å². The number of rotatable bonds is 1. The molecule has 72 valence electrons. The monoisotopic (exact) mass is 192 g/mol. The molecule has 0 fully saturated rings. The molecule has 0 saturated carbocycles. The summed E-state index contributed by atoms with van der Waals surface area (Å²) in [5.74, 6) is -0.479. The number of esters is 1. The van der Waals surface area contributed by atoms with Gasteiger partial charge in [0.15, 0.2) is 5.65 Å². The fourth-order valence-electron chi connectivity index (χ4n) is 1.17. The van der Waals surface area contributed by atoms with Gasteiger partial charge < -0.3 is 10.5 Å². The molecule has 0 aliphatic heterocycles. The van der Waals surface area contributed by atoms with Crippen LogP contribution in [0.1, 0.15) is 10.4 Å². The number of ether oxygens (including phenoxy) is 1. The second kappa shape index (κ2) is 2.99. The van der Waals surface area contributed by atoms with Gasteiger partial charge in [-0.25, -0.2) is 4.79 Å². The van der Waals surface area contributed by atoms with Gasteiger partial charge >= 0.3 is 5.97 Å². The van der Waals surface area contributed by atoms with Gasteiger partial charge in [0.2, 0.25) is 0 Å². The third-order valence-corrected chi connectivity index (χ3v) is 1.87. The minimum Gasteiger partial charge on any atom is -0.465 e. The number of anilines is 1. The van der Waals surface area contributed by atoms with Gasteiger partial charge in [-0.3, -0.25) is 4.40 Å². The number of carbonyl (C=O) groups excluding carboxylic acids is 1. The molecule has 0 saturated heterocycles. The molecule has 0 aliphatic carbocycles. The van der Waals surface area contributed by atoms with E-state index in [1.807, 2.05) is 0 Å². The van der Waals surface area contributed by atoms with Crippen LogP contribution in [0.15, 0.2) is 18.6 Å². The van der Waals surface area contributed by atoms with Crippen LogP contribution in [0.25, 0.3) is 5.65 Å². The lowest BCUT2D eigenvalue weighted by Gasteiger charge is -2.03. The van der Waals surface area contributed by atoms with Crippen molar-refractivity contribution in [3.63, 3.8) is 0 Å². The average Bonchev–Trinajstić information content (AvgIpc) is 2.62. The Morgan fingerprint density at radius 1 is 1.64 bits per heavy atom. The molecule has 2 rings (SSSR count). The summed E-state index contributed by atoms with van der Waals surface area (Å²) in [5.41, 5.74) is 6.84. The first-order valence-electron chi connectivity index (χ1n) is 3.89. The van der Waals surface area contributed by atoms with Crippen molar-refractivity contribution in [3.8, 4) is 0 Å². The number of methoxy groups -OCH3 is 1. The predicted molar refractivity (Wildman–Crippen MR) is 48.7 cm³/mol. The lowest BCUT2D eigenvalue weighted by molar-refractivity contribution is 0.0602. The van der Waals surface area contributed by atoms with Gasteiger partial charge in [-0.1, -0.05) is 0 Å². The SMILES string of the molecule is COC(=O)c1cc2nncn2cc1N. The fourth-order valence-corrected chi connectivity index (χ4v) is 1.17. The summed E-state index contributed by atoms with van der Waals surface area (Å²) in [7, 11) is 1.30. The van der Waals surface area contributed by atoms with E-state index in [9.17, 15) is 4.79 Å². The molecule has 0 atom stereocenters. The first-order chi connectivity index (χ1) is 6.72. The smallest absolute Gasteiger partial charge is 0.340 e. The molecule has 2 aromatic heterocycles. The van der Waals surface area contributed by atoms with Crippen LogP contribution in [0.3, 0.4) is 0 Å². The Hall–Kier alpha value is -2.11. The van der Waals surface area contributed by atoms with Crippen molar-refractivity contribution in [2.75, 3.05) is 12.8 Å². The summed E-state index contributed by atoms with van der Waals surface area (Å²) in [6, 6.07) is 1.54. The zero-order valence-corrected chi connectivity index (χ0v) is 7.47. The quantitative estimate of drug-likeness (QED) is 0.648. The molecule has 0 aliphatic rings. The highest BCUT2D eigenvalue weighted by Crippen LogP contribution is 2.14. The number of pyridine rings is 1. The largest absolute Gasteiger partial charge is 0.465 e. The fraction of sp³-hybridized carbons (Fsp3) is 0.125. The maximum atomic E-state index is 11.2. The molecule has 6 heteroatoms. The summed E-state index contributed by atoms with van der Waals surface area (Å²) in [4.78, 5) is 11.2. The molecule has 0 spiro atoms. The summed E-state index contributed by atoms with van der Waals surface area (Å²) >= 11 is 0. The first-order valence-corrected chi connectivity index (χ1v) is 3.89. The summed E-state index contributed by atoms with van der Waals surface area (Å²) in [6.45, 7) is 0. The lowest BCUT2D eigenvalue weighted by Crippen LogP contribution is -2.06. The standard InChI is InChI=1S/C8H8N4O2/c1-14-8(13)5-2-7-11-10-4-12(7)3-6(5)9/h2-4H,9H2,1H3. The Kier molecular flexibility index (Phi) is 1.81. The van der Waals surface area contributed by atoms with Crippen LogP contribution < -0.4 is 5.73 Å². The van der Waals surface area contributed by atoms with Crippen LogP contribution in [-0.4, -0.2) is 27.7 Å². The highest BCUT2D eigenvalue weighted by atomic mass is 16.5. The van der Waals surface area contributed by atoms with Crippen molar-refractivity contribution < 1.29 is 9.53 Å². The van der Waals surface area contributed by atoms with E-state index in [0.29, 0.717) is 16.9 Å². The molecule has 2 aromatic rings. The molecule has 14 heavy (non-hydrogen) atoms. The molecule has 2 N–H and O–H groups in total. The molecule has 2 heterocycles. The predicted octanol–water partition coefficient (Wildman–Crippen LogP) is 0.0981. The Labute approximate surface area is 79.3 Å². The van der Waals surface area contributed by atoms with Crippen LogP contribution >= 0.6 is 0 Å². The maximum Gasteiger partial charge on any atom is 0.340 e. The molecule has 0 radical (unpaired) electrons. The molecular weight excluding hydrogens is 184 g/mol. The molecule has 0 bridgehead atoms. The zero-order valence-electron chi connectivity index (χ0n) is 7.47. The minimum absolute atomic E-state index is 0.299. The lowest BCUT2D eigenvalue weighted by atomic mass is 10.2. The number of fused-ring (bicyclic) bond motifs is 1. The van der Waals surface area contributed by atoms with E-state index in [-0.39, 0.29) is 0 Å². The van der Waals surface area contributed by atoms with Gasteiger partial charge in [0.1, 0.15) is 6.33 Å². The second-order valence-electron chi connectivity index (χ2n) is 2.73. The van der Waals surface area contributed by atoms with Crippen LogP contribution in [0.5, 0.6) is 0 Å².